The fraction of sp³-hybridized carbons (Fsp3) is 0.438. The van der Waals surface area contributed by atoms with Crippen molar-refractivity contribution in [2.75, 3.05) is 18.5 Å². The van der Waals surface area contributed by atoms with Crippen LogP contribution in [0, 0.1) is 5.92 Å². The van der Waals surface area contributed by atoms with Crippen molar-refractivity contribution in [2.24, 2.45) is 5.92 Å². The van der Waals surface area contributed by atoms with E-state index >= 15 is 0 Å². The van der Waals surface area contributed by atoms with Gasteiger partial charge in [0, 0.05) is 25.4 Å². The molecule has 2 heterocycles. The van der Waals surface area contributed by atoms with Crippen LogP contribution < -0.4 is 10.6 Å². The number of pyridine rings is 1. The van der Waals surface area contributed by atoms with Crippen molar-refractivity contribution < 1.29 is 9.90 Å². The second kappa shape index (κ2) is 8.89. The lowest BCUT2D eigenvalue weighted by Crippen LogP contribution is -2.34. The van der Waals surface area contributed by atoms with E-state index in [1.807, 2.05) is 25.1 Å². The van der Waals surface area contributed by atoms with E-state index in [0.29, 0.717) is 25.3 Å². The lowest BCUT2D eigenvalue weighted by molar-refractivity contribution is 0.238. The zero-order valence-electron chi connectivity index (χ0n) is 13.3. The Hall–Kier alpha value is -2.41. The van der Waals surface area contributed by atoms with Gasteiger partial charge in [-0.1, -0.05) is 19.4 Å². The molecule has 0 aromatic carbocycles. The first-order valence-corrected chi connectivity index (χ1v) is 7.80. The van der Waals surface area contributed by atoms with Crippen LogP contribution in [0.3, 0.4) is 0 Å². The Kier molecular flexibility index (Phi) is 6.56. The maximum absolute atomic E-state index is 12.0. The molecule has 0 spiro atoms. The fourth-order valence-electron chi connectivity index (χ4n) is 2.24. The molecule has 23 heavy (non-hydrogen) atoms. The van der Waals surface area contributed by atoms with Crippen molar-refractivity contribution in [3.63, 3.8) is 0 Å². The lowest BCUT2D eigenvalue weighted by atomic mass is 10.0. The maximum atomic E-state index is 12.0. The molecule has 7 heteroatoms. The second-order valence-corrected chi connectivity index (χ2v) is 5.32. The summed E-state index contributed by atoms with van der Waals surface area (Å²) in [5.74, 6) is 0.896. The van der Waals surface area contributed by atoms with Gasteiger partial charge in [0.2, 0.25) is 0 Å². The van der Waals surface area contributed by atoms with Crippen LogP contribution in [-0.2, 0) is 6.54 Å². The van der Waals surface area contributed by atoms with Crippen LogP contribution in [0.5, 0.6) is 0 Å². The Bertz CT molecular complexity index is 600. The van der Waals surface area contributed by atoms with Crippen LogP contribution in [0.15, 0.2) is 36.7 Å². The number of rotatable bonds is 8. The van der Waals surface area contributed by atoms with Gasteiger partial charge in [-0.25, -0.2) is 9.48 Å². The van der Waals surface area contributed by atoms with Gasteiger partial charge in [0.1, 0.15) is 5.82 Å². The normalized spacial score (nSPS) is 11.9. The first kappa shape index (κ1) is 17.0. The number of aliphatic hydroxyl groups excluding tert-OH is 1. The van der Waals surface area contributed by atoms with Crippen molar-refractivity contribution in [3.05, 3.63) is 42.4 Å². The quantitative estimate of drug-likeness (QED) is 0.693. The molecular weight excluding hydrogens is 294 g/mol. The highest BCUT2D eigenvalue weighted by Crippen LogP contribution is 2.09. The highest BCUT2D eigenvalue weighted by Gasteiger charge is 2.10. The van der Waals surface area contributed by atoms with E-state index in [-0.39, 0.29) is 18.6 Å². The van der Waals surface area contributed by atoms with E-state index in [1.165, 1.54) is 0 Å². The summed E-state index contributed by atoms with van der Waals surface area (Å²) in [5, 5.41) is 18.8. The number of hydrogen-bond acceptors (Lipinski definition) is 4. The minimum atomic E-state index is -0.274. The molecule has 0 aliphatic heterocycles. The molecule has 1 unspecified atom stereocenters. The number of urea groups is 1. The van der Waals surface area contributed by atoms with Gasteiger partial charge in [-0.15, -0.1) is 0 Å². The first-order chi connectivity index (χ1) is 11.2. The minimum Gasteiger partial charge on any atom is -0.396 e. The third-order valence-corrected chi connectivity index (χ3v) is 3.66. The predicted molar refractivity (Wildman–Crippen MR) is 88.1 cm³/mol. The molecule has 0 saturated heterocycles. The average Bonchev–Trinajstić information content (AvgIpc) is 2.99. The van der Waals surface area contributed by atoms with E-state index in [9.17, 15) is 4.79 Å². The Morgan fingerprint density at radius 1 is 1.35 bits per heavy atom. The summed E-state index contributed by atoms with van der Waals surface area (Å²) in [6, 6.07) is 7.15. The number of aromatic nitrogens is 3. The van der Waals surface area contributed by atoms with Gasteiger partial charge in [0.25, 0.3) is 0 Å². The highest BCUT2D eigenvalue weighted by molar-refractivity contribution is 5.88. The third kappa shape index (κ3) is 5.37. The summed E-state index contributed by atoms with van der Waals surface area (Å²) >= 11 is 0. The van der Waals surface area contributed by atoms with Gasteiger partial charge >= 0.3 is 6.03 Å². The molecule has 1 atom stereocenters. The summed E-state index contributed by atoms with van der Waals surface area (Å²) in [7, 11) is 0. The molecule has 0 saturated carbocycles. The van der Waals surface area contributed by atoms with Crippen molar-refractivity contribution in [3.8, 4) is 0 Å². The smallest absolute Gasteiger partial charge is 0.320 e. The van der Waals surface area contributed by atoms with Crippen LogP contribution in [-0.4, -0.2) is 39.1 Å². The van der Waals surface area contributed by atoms with E-state index in [4.69, 9.17) is 5.11 Å². The van der Waals surface area contributed by atoms with Gasteiger partial charge in [0.15, 0.2) is 0 Å². The van der Waals surface area contributed by atoms with Crippen LogP contribution in [0.1, 0.15) is 25.5 Å². The number of hydrogen-bond donors (Lipinski definition) is 3. The summed E-state index contributed by atoms with van der Waals surface area (Å²) in [6.07, 6.45) is 4.97. The van der Waals surface area contributed by atoms with Crippen molar-refractivity contribution >= 4 is 11.8 Å². The Labute approximate surface area is 135 Å². The monoisotopic (exact) mass is 317 g/mol. The van der Waals surface area contributed by atoms with Gasteiger partial charge in [0.05, 0.1) is 18.4 Å². The second-order valence-electron chi connectivity index (χ2n) is 5.32. The van der Waals surface area contributed by atoms with Gasteiger partial charge in [-0.05, 0) is 24.5 Å². The predicted octanol–water partition coefficient (Wildman–Crippen LogP) is 1.86. The molecule has 0 fully saturated rings. The maximum Gasteiger partial charge on any atom is 0.320 e. The van der Waals surface area contributed by atoms with Crippen molar-refractivity contribution in [1.82, 2.24) is 20.1 Å². The molecule has 2 aromatic heterocycles. The zero-order chi connectivity index (χ0) is 16.5. The summed E-state index contributed by atoms with van der Waals surface area (Å²) < 4.78 is 1.69. The SMILES string of the molecule is CCC(CCO)CNC(=O)Nc1ccnn1Cc1ccccn1. The number of nitrogens with zero attached hydrogens (tertiary/aromatic N) is 3. The number of anilines is 1. The molecular formula is C16H23N5O2. The largest absolute Gasteiger partial charge is 0.396 e. The van der Waals surface area contributed by atoms with Gasteiger partial charge in [-0.2, -0.15) is 5.10 Å². The highest BCUT2D eigenvalue weighted by atomic mass is 16.3. The molecule has 124 valence electrons. The van der Waals surface area contributed by atoms with Crippen LogP contribution in [0.25, 0.3) is 0 Å². The van der Waals surface area contributed by atoms with Gasteiger partial charge < -0.3 is 10.4 Å². The summed E-state index contributed by atoms with van der Waals surface area (Å²) in [5.41, 5.74) is 0.869. The summed E-state index contributed by atoms with van der Waals surface area (Å²) in [4.78, 5) is 16.3. The molecule has 2 amide bonds. The fourth-order valence-corrected chi connectivity index (χ4v) is 2.24. The van der Waals surface area contributed by atoms with Crippen molar-refractivity contribution in [1.29, 1.82) is 0 Å². The van der Waals surface area contributed by atoms with E-state index in [1.54, 1.807) is 23.1 Å². The standard InChI is InChI=1S/C16H23N5O2/c1-2-13(7-10-22)11-18-16(23)20-15-6-9-19-21(15)12-14-5-3-4-8-17-14/h3-6,8-9,13,22H,2,7,10-12H2,1H3,(H2,18,20,23). The van der Waals surface area contributed by atoms with Crippen LogP contribution in [0.2, 0.25) is 0 Å². The zero-order valence-corrected chi connectivity index (χ0v) is 13.3. The Morgan fingerprint density at radius 3 is 2.91 bits per heavy atom. The number of carbonyl (C=O) groups is 1. The Balaban J connectivity index is 1.88. The molecule has 0 bridgehead atoms. The topological polar surface area (TPSA) is 92.1 Å². The van der Waals surface area contributed by atoms with E-state index < -0.39 is 0 Å². The van der Waals surface area contributed by atoms with E-state index in [0.717, 1.165) is 12.1 Å². The molecule has 2 aromatic rings. The minimum absolute atomic E-state index is 0.138. The van der Waals surface area contributed by atoms with Crippen LogP contribution in [0.4, 0.5) is 10.6 Å². The summed E-state index contributed by atoms with van der Waals surface area (Å²) in [6.45, 7) is 3.21. The first-order valence-electron chi connectivity index (χ1n) is 7.80. The van der Waals surface area contributed by atoms with E-state index in [2.05, 4.69) is 20.7 Å². The average molecular weight is 317 g/mol. The van der Waals surface area contributed by atoms with Crippen molar-refractivity contribution in [2.45, 2.75) is 26.3 Å². The molecule has 7 nitrogen and oxygen atoms in total. The number of nitrogens with one attached hydrogen (secondary N) is 2. The number of carbonyl (C=O) groups excluding carboxylic acids is 1. The van der Waals surface area contributed by atoms with Crippen LogP contribution >= 0.6 is 0 Å². The molecule has 0 radical (unpaired) electrons. The molecule has 3 N–H and O–H groups in total. The van der Waals surface area contributed by atoms with Gasteiger partial charge in [-0.3, -0.25) is 10.3 Å². The number of aliphatic hydroxyl groups is 1. The number of amides is 2. The molecule has 0 aliphatic carbocycles. The third-order valence-electron chi connectivity index (χ3n) is 3.66. The lowest BCUT2D eigenvalue weighted by Gasteiger charge is -2.15. The Morgan fingerprint density at radius 2 is 2.22 bits per heavy atom. The molecule has 2 rings (SSSR count). The molecule has 0 aliphatic rings.